The first kappa shape index (κ1) is 12.3. The third kappa shape index (κ3) is 2.38. The Morgan fingerprint density at radius 1 is 1.39 bits per heavy atom. The van der Waals surface area contributed by atoms with E-state index in [0.29, 0.717) is 29.3 Å². The Labute approximate surface area is 103 Å². The van der Waals surface area contributed by atoms with Gasteiger partial charge < -0.3 is 9.52 Å². The number of aliphatic hydroxyl groups is 1. The van der Waals surface area contributed by atoms with Crippen molar-refractivity contribution in [2.75, 3.05) is 6.61 Å². The molecule has 94 valence electrons. The maximum Gasteiger partial charge on any atom is 0.269 e. The van der Waals surface area contributed by atoms with Crippen molar-refractivity contribution >= 4 is 5.69 Å². The lowest BCUT2D eigenvalue weighted by molar-refractivity contribution is -0.384. The maximum absolute atomic E-state index is 10.5. The lowest BCUT2D eigenvalue weighted by atomic mass is 10.2. The van der Waals surface area contributed by atoms with Crippen LogP contribution in [0.3, 0.4) is 0 Å². The van der Waals surface area contributed by atoms with E-state index in [4.69, 9.17) is 9.52 Å². The molecule has 0 saturated heterocycles. The molecule has 1 aromatic carbocycles. The second-order valence-corrected chi connectivity index (χ2v) is 3.80. The van der Waals surface area contributed by atoms with E-state index in [1.807, 2.05) is 0 Å². The van der Waals surface area contributed by atoms with Crippen LogP contribution in [0, 0.1) is 17.0 Å². The monoisotopic (exact) mass is 248 g/mol. The zero-order valence-corrected chi connectivity index (χ0v) is 9.79. The van der Waals surface area contributed by atoms with Crippen LogP contribution in [0.5, 0.6) is 0 Å². The van der Waals surface area contributed by atoms with E-state index < -0.39 is 4.92 Å². The molecule has 1 heterocycles. The molecule has 1 aromatic heterocycles. The van der Waals surface area contributed by atoms with Gasteiger partial charge in [-0.1, -0.05) is 0 Å². The van der Waals surface area contributed by atoms with Crippen molar-refractivity contribution in [2.24, 2.45) is 0 Å². The molecule has 0 amide bonds. The summed E-state index contributed by atoms with van der Waals surface area (Å²) in [6, 6.07) is 5.99. The van der Waals surface area contributed by atoms with Gasteiger partial charge in [-0.25, -0.2) is 4.98 Å². The van der Waals surface area contributed by atoms with Gasteiger partial charge in [0.1, 0.15) is 5.76 Å². The predicted molar refractivity (Wildman–Crippen MR) is 64.1 cm³/mol. The van der Waals surface area contributed by atoms with Gasteiger partial charge in [0, 0.05) is 30.7 Å². The van der Waals surface area contributed by atoms with Crippen LogP contribution in [0.25, 0.3) is 11.5 Å². The molecule has 0 radical (unpaired) electrons. The molecule has 0 bridgehead atoms. The fourth-order valence-electron chi connectivity index (χ4n) is 1.62. The summed E-state index contributed by atoms with van der Waals surface area (Å²) in [7, 11) is 0. The summed E-state index contributed by atoms with van der Waals surface area (Å²) in [4.78, 5) is 14.3. The summed E-state index contributed by atoms with van der Waals surface area (Å²) in [5.41, 5.74) is 1.40. The molecule has 2 rings (SSSR count). The van der Waals surface area contributed by atoms with Crippen molar-refractivity contribution in [3.8, 4) is 11.5 Å². The van der Waals surface area contributed by atoms with Crippen molar-refractivity contribution in [3.05, 3.63) is 45.8 Å². The molecular weight excluding hydrogens is 236 g/mol. The number of hydrogen-bond acceptors (Lipinski definition) is 5. The molecule has 0 aliphatic carbocycles. The molecule has 2 aromatic rings. The maximum atomic E-state index is 10.5. The Balaban J connectivity index is 2.31. The second-order valence-electron chi connectivity index (χ2n) is 3.80. The molecule has 1 N–H and O–H groups in total. The van der Waals surface area contributed by atoms with Gasteiger partial charge >= 0.3 is 0 Å². The van der Waals surface area contributed by atoms with Crippen LogP contribution in [0.15, 0.2) is 28.7 Å². The Morgan fingerprint density at radius 2 is 2.06 bits per heavy atom. The molecular formula is C12H12N2O4. The van der Waals surface area contributed by atoms with Crippen LogP contribution >= 0.6 is 0 Å². The molecule has 0 atom stereocenters. The van der Waals surface area contributed by atoms with Crippen molar-refractivity contribution in [1.82, 2.24) is 4.98 Å². The summed E-state index contributed by atoms with van der Waals surface area (Å²) < 4.78 is 5.46. The zero-order valence-electron chi connectivity index (χ0n) is 9.79. The van der Waals surface area contributed by atoms with Gasteiger partial charge in [-0.15, -0.1) is 0 Å². The number of non-ortho nitro benzene ring substituents is 1. The largest absolute Gasteiger partial charge is 0.441 e. The summed E-state index contributed by atoms with van der Waals surface area (Å²) in [5.74, 6) is 1.06. The van der Waals surface area contributed by atoms with Gasteiger partial charge in [-0.05, 0) is 19.1 Å². The average molecular weight is 248 g/mol. The molecule has 6 nitrogen and oxygen atoms in total. The number of aryl methyl sites for hydroxylation is 1. The van der Waals surface area contributed by atoms with Crippen LogP contribution in [0.1, 0.15) is 11.5 Å². The van der Waals surface area contributed by atoms with Crippen LogP contribution < -0.4 is 0 Å². The van der Waals surface area contributed by atoms with E-state index in [-0.39, 0.29) is 12.3 Å². The smallest absolute Gasteiger partial charge is 0.269 e. The minimum Gasteiger partial charge on any atom is -0.441 e. The van der Waals surface area contributed by atoms with E-state index in [0.717, 1.165) is 0 Å². The highest BCUT2D eigenvalue weighted by atomic mass is 16.6. The fourth-order valence-corrected chi connectivity index (χ4v) is 1.62. The van der Waals surface area contributed by atoms with Gasteiger partial charge in [0.25, 0.3) is 5.69 Å². The van der Waals surface area contributed by atoms with Crippen LogP contribution in [-0.4, -0.2) is 21.6 Å². The summed E-state index contributed by atoms with van der Waals surface area (Å²) >= 11 is 0. The van der Waals surface area contributed by atoms with E-state index in [1.54, 1.807) is 19.1 Å². The highest BCUT2D eigenvalue weighted by molar-refractivity contribution is 5.56. The summed E-state index contributed by atoms with van der Waals surface area (Å²) in [5, 5.41) is 19.4. The number of benzene rings is 1. The number of hydrogen-bond donors (Lipinski definition) is 1. The van der Waals surface area contributed by atoms with E-state index in [1.165, 1.54) is 12.1 Å². The topological polar surface area (TPSA) is 89.4 Å². The lowest BCUT2D eigenvalue weighted by Crippen LogP contribution is -1.92. The van der Waals surface area contributed by atoms with Crippen molar-refractivity contribution < 1.29 is 14.4 Å². The van der Waals surface area contributed by atoms with Gasteiger partial charge in [0.15, 0.2) is 0 Å². The Morgan fingerprint density at radius 3 is 2.61 bits per heavy atom. The molecule has 0 spiro atoms. The Kier molecular flexibility index (Phi) is 3.38. The standard InChI is InChI=1S/C12H12N2O4/c1-8-11(6-7-15)13-12(18-8)9-2-4-10(5-3-9)14(16)17/h2-5,15H,6-7H2,1H3. The molecule has 6 heteroatoms. The number of nitrogens with zero attached hydrogens (tertiary/aromatic N) is 2. The highest BCUT2D eigenvalue weighted by Crippen LogP contribution is 2.24. The van der Waals surface area contributed by atoms with Crippen LogP contribution in [0.4, 0.5) is 5.69 Å². The minimum atomic E-state index is -0.457. The summed E-state index contributed by atoms with van der Waals surface area (Å²) in [6.07, 6.45) is 0.433. The Bertz CT molecular complexity index is 560. The second kappa shape index (κ2) is 4.97. The quantitative estimate of drug-likeness (QED) is 0.661. The van der Waals surface area contributed by atoms with E-state index >= 15 is 0 Å². The van der Waals surface area contributed by atoms with Crippen LogP contribution in [0.2, 0.25) is 0 Å². The zero-order chi connectivity index (χ0) is 13.1. The highest BCUT2D eigenvalue weighted by Gasteiger charge is 2.12. The SMILES string of the molecule is Cc1oc(-c2ccc([N+](=O)[O-])cc2)nc1CCO. The first-order valence-corrected chi connectivity index (χ1v) is 5.44. The number of nitro groups is 1. The first-order valence-electron chi connectivity index (χ1n) is 5.44. The number of aromatic nitrogens is 1. The van der Waals surface area contributed by atoms with Gasteiger partial charge in [-0.3, -0.25) is 10.1 Å². The molecule has 0 fully saturated rings. The summed E-state index contributed by atoms with van der Waals surface area (Å²) in [6.45, 7) is 1.78. The minimum absolute atomic E-state index is 0.00702. The number of oxazole rings is 1. The Hall–Kier alpha value is -2.21. The van der Waals surface area contributed by atoms with Gasteiger partial charge in [0.05, 0.1) is 10.6 Å². The van der Waals surface area contributed by atoms with Crippen molar-refractivity contribution in [1.29, 1.82) is 0 Å². The third-order valence-corrected chi connectivity index (χ3v) is 2.57. The van der Waals surface area contributed by atoms with Crippen molar-refractivity contribution in [3.63, 3.8) is 0 Å². The molecule has 0 unspecified atom stereocenters. The van der Waals surface area contributed by atoms with E-state index in [2.05, 4.69) is 4.98 Å². The molecule has 18 heavy (non-hydrogen) atoms. The normalized spacial score (nSPS) is 10.6. The molecule has 0 aliphatic rings. The fraction of sp³-hybridized carbons (Fsp3) is 0.250. The van der Waals surface area contributed by atoms with Gasteiger partial charge in [-0.2, -0.15) is 0 Å². The number of rotatable bonds is 4. The van der Waals surface area contributed by atoms with Crippen LogP contribution in [-0.2, 0) is 6.42 Å². The molecule has 0 aliphatic heterocycles. The molecule has 0 saturated carbocycles. The van der Waals surface area contributed by atoms with E-state index in [9.17, 15) is 10.1 Å². The lowest BCUT2D eigenvalue weighted by Gasteiger charge is -1.94. The number of nitro benzene ring substituents is 1. The third-order valence-electron chi connectivity index (χ3n) is 2.57. The average Bonchev–Trinajstić information content (AvgIpc) is 2.72. The van der Waals surface area contributed by atoms with Crippen molar-refractivity contribution in [2.45, 2.75) is 13.3 Å². The predicted octanol–water partition coefficient (Wildman–Crippen LogP) is 2.09. The first-order chi connectivity index (χ1) is 8.61. The van der Waals surface area contributed by atoms with Gasteiger partial charge in [0.2, 0.25) is 5.89 Å². The number of aliphatic hydroxyl groups excluding tert-OH is 1.